The highest BCUT2D eigenvalue weighted by Gasteiger charge is 2.21. The topological polar surface area (TPSA) is 111 Å². The van der Waals surface area contributed by atoms with E-state index in [1.54, 1.807) is 31.6 Å². The van der Waals surface area contributed by atoms with Gasteiger partial charge in [-0.25, -0.2) is 4.98 Å². The summed E-state index contributed by atoms with van der Waals surface area (Å²) in [5.74, 6) is 1.36. The molecule has 0 fully saturated rings. The number of imidazole rings is 1. The number of hydrogen-bond acceptors (Lipinski definition) is 7. The Morgan fingerprint density at radius 1 is 1.44 bits per heavy atom. The van der Waals surface area contributed by atoms with Gasteiger partial charge < -0.3 is 19.7 Å². The number of amides is 1. The van der Waals surface area contributed by atoms with Crippen molar-refractivity contribution in [2.45, 2.75) is 26.1 Å². The van der Waals surface area contributed by atoms with E-state index in [-0.39, 0.29) is 5.91 Å². The standard InChI is InChI=1S/C16H17N7O2/c1-10(16-21-14(22-25-16)11-3-2-4-17-7-11)19-15(24)12-9-23-6-5-18-8-13(23)20-12/h2-4,7,9-10,18H,5-6,8H2,1H3,(H,19,24)/t10-/m1/s1. The van der Waals surface area contributed by atoms with Crippen LogP contribution in [-0.4, -0.2) is 37.1 Å². The van der Waals surface area contributed by atoms with Crippen LogP contribution in [-0.2, 0) is 13.1 Å². The summed E-state index contributed by atoms with van der Waals surface area (Å²) < 4.78 is 7.25. The summed E-state index contributed by atoms with van der Waals surface area (Å²) in [5.41, 5.74) is 1.14. The van der Waals surface area contributed by atoms with Crippen molar-refractivity contribution in [2.24, 2.45) is 0 Å². The van der Waals surface area contributed by atoms with Gasteiger partial charge in [0.05, 0.1) is 6.54 Å². The van der Waals surface area contributed by atoms with Crippen molar-refractivity contribution in [1.29, 1.82) is 0 Å². The lowest BCUT2D eigenvalue weighted by Gasteiger charge is -2.13. The van der Waals surface area contributed by atoms with Gasteiger partial charge in [-0.1, -0.05) is 5.16 Å². The van der Waals surface area contributed by atoms with E-state index < -0.39 is 6.04 Å². The van der Waals surface area contributed by atoms with E-state index in [2.05, 4.69) is 30.7 Å². The minimum Gasteiger partial charge on any atom is -0.339 e. The average molecular weight is 339 g/mol. The van der Waals surface area contributed by atoms with Crippen LogP contribution in [0.3, 0.4) is 0 Å². The molecule has 4 rings (SSSR count). The largest absolute Gasteiger partial charge is 0.339 e. The maximum absolute atomic E-state index is 12.4. The van der Waals surface area contributed by atoms with E-state index in [4.69, 9.17) is 4.52 Å². The second-order valence-electron chi connectivity index (χ2n) is 5.81. The number of aromatic nitrogens is 5. The number of fused-ring (bicyclic) bond motifs is 1. The Bertz CT molecular complexity index is 864. The van der Waals surface area contributed by atoms with Gasteiger partial charge in [0.25, 0.3) is 5.91 Å². The zero-order chi connectivity index (χ0) is 17.2. The molecular weight excluding hydrogens is 322 g/mol. The van der Waals surface area contributed by atoms with E-state index >= 15 is 0 Å². The molecule has 0 aliphatic carbocycles. The molecule has 0 saturated heterocycles. The molecule has 2 N–H and O–H groups in total. The van der Waals surface area contributed by atoms with E-state index in [0.717, 1.165) is 24.5 Å². The Balaban J connectivity index is 1.46. The van der Waals surface area contributed by atoms with Crippen molar-refractivity contribution in [3.63, 3.8) is 0 Å². The third-order valence-corrected chi connectivity index (χ3v) is 3.98. The van der Waals surface area contributed by atoms with Crippen LogP contribution >= 0.6 is 0 Å². The molecule has 128 valence electrons. The summed E-state index contributed by atoms with van der Waals surface area (Å²) in [4.78, 5) is 25.1. The molecule has 3 aromatic rings. The minimum absolute atomic E-state index is 0.268. The summed E-state index contributed by atoms with van der Waals surface area (Å²) in [6.45, 7) is 4.14. The molecule has 1 aliphatic heterocycles. The quantitative estimate of drug-likeness (QED) is 0.727. The summed E-state index contributed by atoms with van der Waals surface area (Å²) in [6.07, 6.45) is 5.10. The van der Waals surface area contributed by atoms with Crippen LogP contribution in [0.5, 0.6) is 0 Å². The molecule has 0 saturated carbocycles. The Labute approximate surface area is 143 Å². The molecule has 9 nitrogen and oxygen atoms in total. The van der Waals surface area contributed by atoms with E-state index in [1.807, 2.05) is 10.6 Å². The highest BCUT2D eigenvalue weighted by Crippen LogP contribution is 2.18. The Morgan fingerprint density at radius 2 is 2.36 bits per heavy atom. The molecule has 4 heterocycles. The monoisotopic (exact) mass is 339 g/mol. The van der Waals surface area contributed by atoms with Gasteiger partial charge in [0.1, 0.15) is 17.6 Å². The number of carbonyl (C=O) groups is 1. The van der Waals surface area contributed by atoms with Crippen LogP contribution in [0.1, 0.15) is 35.2 Å². The molecule has 3 aromatic heterocycles. The fourth-order valence-electron chi connectivity index (χ4n) is 2.65. The Hall–Kier alpha value is -3.07. The second kappa shape index (κ2) is 6.44. The first-order valence-electron chi connectivity index (χ1n) is 8.02. The molecule has 9 heteroatoms. The van der Waals surface area contributed by atoms with Crippen LogP contribution in [0.15, 0.2) is 35.2 Å². The zero-order valence-electron chi connectivity index (χ0n) is 13.6. The van der Waals surface area contributed by atoms with Gasteiger partial charge in [0.2, 0.25) is 11.7 Å². The molecule has 0 unspecified atom stereocenters. The smallest absolute Gasteiger partial charge is 0.272 e. The number of pyridine rings is 1. The fraction of sp³-hybridized carbons (Fsp3) is 0.312. The third kappa shape index (κ3) is 3.13. The first-order valence-corrected chi connectivity index (χ1v) is 8.02. The van der Waals surface area contributed by atoms with Crippen molar-refractivity contribution < 1.29 is 9.32 Å². The highest BCUT2D eigenvalue weighted by molar-refractivity contribution is 5.92. The molecular formula is C16H17N7O2. The van der Waals surface area contributed by atoms with Gasteiger partial charge in [-0.2, -0.15) is 4.98 Å². The van der Waals surface area contributed by atoms with Gasteiger partial charge >= 0.3 is 0 Å². The van der Waals surface area contributed by atoms with Crippen LogP contribution in [0.25, 0.3) is 11.4 Å². The van der Waals surface area contributed by atoms with Crippen molar-refractivity contribution >= 4 is 5.91 Å². The van der Waals surface area contributed by atoms with Gasteiger partial charge in [-0.15, -0.1) is 0 Å². The van der Waals surface area contributed by atoms with Crippen molar-refractivity contribution in [1.82, 2.24) is 35.3 Å². The molecule has 0 radical (unpaired) electrons. The number of carbonyl (C=O) groups excluding carboxylic acids is 1. The summed E-state index contributed by atoms with van der Waals surface area (Å²) in [7, 11) is 0. The molecule has 25 heavy (non-hydrogen) atoms. The summed E-state index contributed by atoms with van der Waals surface area (Å²) in [6, 6.07) is 3.21. The van der Waals surface area contributed by atoms with Crippen molar-refractivity contribution in [3.05, 3.63) is 48.1 Å². The third-order valence-electron chi connectivity index (χ3n) is 3.98. The van der Waals surface area contributed by atoms with Crippen LogP contribution < -0.4 is 10.6 Å². The van der Waals surface area contributed by atoms with Gasteiger partial charge in [0, 0.05) is 37.2 Å². The lowest BCUT2D eigenvalue weighted by Crippen LogP contribution is -2.27. The predicted molar refractivity (Wildman–Crippen MR) is 87.3 cm³/mol. The average Bonchev–Trinajstić information content (AvgIpc) is 3.29. The van der Waals surface area contributed by atoms with Crippen molar-refractivity contribution in [2.75, 3.05) is 6.54 Å². The number of nitrogens with one attached hydrogen (secondary N) is 2. The summed E-state index contributed by atoms with van der Waals surface area (Å²) in [5, 5.41) is 10.00. The highest BCUT2D eigenvalue weighted by atomic mass is 16.5. The molecule has 1 amide bonds. The number of rotatable bonds is 4. The van der Waals surface area contributed by atoms with E-state index in [0.29, 0.717) is 24.0 Å². The zero-order valence-corrected chi connectivity index (χ0v) is 13.6. The SMILES string of the molecule is C[C@@H](NC(=O)c1cn2c(n1)CNCC2)c1nc(-c2cccnc2)no1. The lowest BCUT2D eigenvalue weighted by molar-refractivity contribution is 0.0927. The van der Waals surface area contributed by atoms with Crippen LogP contribution in [0, 0.1) is 0 Å². The van der Waals surface area contributed by atoms with Crippen LogP contribution in [0.2, 0.25) is 0 Å². The molecule has 0 spiro atoms. The van der Waals surface area contributed by atoms with Gasteiger partial charge in [-0.05, 0) is 19.1 Å². The maximum Gasteiger partial charge on any atom is 0.272 e. The molecule has 1 aliphatic rings. The first-order chi connectivity index (χ1) is 12.2. The van der Waals surface area contributed by atoms with E-state index in [9.17, 15) is 4.79 Å². The van der Waals surface area contributed by atoms with Gasteiger partial charge in [-0.3, -0.25) is 9.78 Å². The first kappa shape index (κ1) is 15.5. The summed E-state index contributed by atoms with van der Waals surface area (Å²) >= 11 is 0. The molecule has 0 aromatic carbocycles. The van der Waals surface area contributed by atoms with E-state index in [1.165, 1.54) is 0 Å². The maximum atomic E-state index is 12.4. The van der Waals surface area contributed by atoms with Crippen LogP contribution in [0.4, 0.5) is 0 Å². The van der Waals surface area contributed by atoms with Gasteiger partial charge in [0.15, 0.2) is 0 Å². The fourth-order valence-corrected chi connectivity index (χ4v) is 2.65. The minimum atomic E-state index is -0.428. The lowest BCUT2D eigenvalue weighted by atomic mass is 10.2. The normalized spacial score (nSPS) is 14.8. The number of nitrogens with zero attached hydrogens (tertiary/aromatic N) is 5. The number of hydrogen-bond donors (Lipinski definition) is 2. The second-order valence-corrected chi connectivity index (χ2v) is 5.81. The molecule has 0 bridgehead atoms. The molecule has 1 atom stereocenters. The Morgan fingerprint density at radius 3 is 3.16 bits per heavy atom. The van der Waals surface area contributed by atoms with Crippen molar-refractivity contribution in [3.8, 4) is 11.4 Å². The Kier molecular flexibility index (Phi) is 3.98. The predicted octanol–water partition coefficient (Wildman–Crippen LogP) is 0.922.